The maximum atomic E-state index is 9.76. The smallest absolute Gasteiger partial charge is 0.123 e. The number of piperidine rings is 1. The molecule has 0 saturated carbocycles. The molecule has 1 N–H and O–H groups in total. The van der Waals surface area contributed by atoms with Crippen LogP contribution in [0, 0.1) is 5.92 Å². The molecule has 0 amide bonds. The molecular weight excluding hydrogens is 266 g/mol. The van der Waals surface area contributed by atoms with E-state index in [0.29, 0.717) is 12.0 Å². The predicted octanol–water partition coefficient (Wildman–Crippen LogP) is 2.61. The molecule has 1 fully saturated rings. The van der Waals surface area contributed by atoms with Crippen LogP contribution in [0.2, 0.25) is 0 Å². The summed E-state index contributed by atoms with van der Waals surface area (Å²) in [6, 6.07) is 5.91. The first-order valence-corrected chi connectivity index (χ1v) is 7.65. The van der Waals surface area contributed by atoms with Crippen LogP contribution < -0.4 is 4.74 Å². The molecule has 0 bridgehead atoms. The quantitative estimate of drug-likeness (QED) is 0.906. The number of methoxy groups -OCH3 is 2. The van der Waals surface area contributed by atoms with Crippen LogP contribution in [-0.4, -0.2) is 43.4 Å². The van der Waals surface area contributed by atoms with E-state index in [1.165, 1.54) is 0 Å². The molecule has 1 aliphatic heterocycles. The summed E-state index contributed by atoms with van der Waals surface area (Å²) in [5.74, 6) is 1.49. The van der Waals surface area contributed by atoms with Crippen LogP contribution in [0.1, 0.15) is 37.5 Å². The fourth-order valence-corrected chi connectivity index (χ4v) is 2.97. The van der Waals surface area contributed by atoms with Crippen molar-refractivity contribution in [2.24, 2.45) is 5.92 Å². The second-order valence-corrected chi connectivity index (χ2v) is 6.02. The summed E-state index contributed by atoms with van der Waals surface area (Å²) in [5, 5.41) is 9.76. The Morgan fingerprint density at radius 1 is 1.38 bits per heavy atom. The highest BCUT2D eigenvalue weighted by Crippen LogP contribution is 2.27. The van der Waals surface area contributed by atoms with E-state index < -0.39 is 6.10 Å². The van der Waals surface area contributed by atoms with Crippen molar-refractivity contribution >= 4 is 0 Å². The molecular formula is C17H27NO3. The Hall–Kier alpha value is -1.10. The number of aliphatic hydroxyl groups is 1. The second-order valence-electron chi connectivity index (χ2n) is 6.02. The van der Waals surface area contributed by atoms with Crippen molar-refractivity contribution < 1.29 is 14.6 Å². The summed E-state index contributed by atoms with van der Waals surface area (Å²) in [6.45, 7) is 6.88. The molecule has 4 heteroatoms. The van der Waals surface area contributed by atoms with Crippen LogP contribution in [0.25, 0.3) is 0 Å². The van der Waals surface area contributed by atoms with E-state index in [-0.39, 0.29) is 0 Å². The van der Waals surface area contributed by atoms with Crippen LogP contribution in [0.5, 0.6) is 5.75 Å². The van der Waals surface area contributed by atoms with Crippen LogP contribution in [-0.2, 0) is 11.3 Å². The number of nitrogens with zero attached hydrogens (tertiary/aromatic N) is 1. The van der Waals surface area contributed by atoms with E-state index in [9.17, 15) is 5.11 Å². The highest BCUT2D eigenvalue weighted by atomic mass is 16.5. The second kappa shape index (κ2) is 7.25. The van der Waals surface area contributed by atoms with Crippen molar-refractivity contribution in [1.82, 2.24) is 4.90 Å². The minimum Gasteiger partial charge on any atom is -0.496 e. The summed E-state index contributed by atoms with van der Waals surface area (Å²) >= 11 is 0. The fourth-order valence-electron chi connectivity index (χ4n) is 2.97. The Labute approximate surface area is 127 Å². The average molecular weight is 293 g/mol. The number of ether oxygens (including phenoxy) is 2. The molecule has 1 heterocycles. The van der Waals surface area contributed by atoms with Crippen molar-refractivity contribution in [2.75, 3.05) is 27.3 Å². The van der Waals surface area contributed by atoms with Crippen LogP contribution >= 0.6 is 0 Å². The first-order chi connectivity index (χ1) is 10.0. The third-order valence-corrected chi connectivity index (χ3v) is 4.46. The first-order valence-electron chi connectivity index (χ1n) is 7.65. The average Bonchev–Trinajstić information content (AvgIpc) is 2.49. The lowest BCUT2D eigenvalue weighted by Crippen LogP contribution is -2.43. The van der Waals surface area contributed by atoms with Gasteiger partial charge in [-0.05, 0) is 43.5 Å². The maximum Gasteiger partial charge on any atom is 0.123 e. The minimum absolute atomic E-state index is 0.296. The molecule has 4 nitrogen and oxygen atoms in total. The van der Waals surface area contributed by atoms with Gasteiger partial charge in [-0.25, -0.2) is 0 Å². The summed E-state index contributed by atoms with van der Waals surface area (Å²) in [7, 11) is 3.48. The van der Waals surface area contributed by atoms with Crippen molar-refractivity contribution in [3.8, 4) is 5.75 Å². The summed E-state index contributed by atoms with van der Waals surface area (Å²) in [4.78, 5) is 2.40. The summed E-state index contributed by atoms with van der Waals surface area (Å²) in [5.41, 5.74) is 2.06. The van der Waals surface area contributed by atoms with Gasteiger partial charge in [-0.1, -0.05) is 13.0 Å². The molecule has 0 spiro atoms. The standard InChI is InChI=1S/C17H27NO3/c1-12-7-8-18(11-17(12)21-4)10-15-9-14(13(2)19)5-6-16(15)20-3/h5-6,9,12-13,17,19H,7-8,10-11H2,1-4H3. The van der Waals surface area contributed by atoms with Gasteiger partial charge in [0, 0.05) is 25.8 Å². The van der Waals surface area contributed by atoms with E-state index in [0.717, 1.165) is 42.9 Å². The van der Waals surface area contributed by atoms with Gasteiger partial charge in [0.2, 0.25) is 0 Å². The van der Waals surface area contributed by atoms with Crippen LogP contribution in [0.15, 0.2) is 18.2 Å². The van der Waals surface area contributed by atoms with Crippen molar-refractivity contribution in [3.63, 3.8) is 0 Å². The van der Waals surface area contributed by atoms with E-state index >= 15 is 0 Å². The molecule has 0 aliphatic carbocycles. The minimum atomic E-state index is -0.456. The van der Waals surface area contributed by atoms with Gasteiger partial charge in [0.05, 0.1) is 19.3 Å². The SMILES string of the molecule is COc1ccc(C(C)O)cc1CN1CCC(C)C(OC)C1. The number of hydrogen-bond donors (Lipinski definition) is 1. The molecule has 1 saturated heterocycles. The zero-order valence-electron chi connectivity index (χ0n) is 13.5. The number of likely N-dealkylation sites (tertiary alicyclic amines) is 1. The topological polar surface area (TPSA) is 41.9 Å². The van der Waals surface area contributed by atoms with E-state index in [1.807, 2.05) is 18.2 Å². The lowest BCUT2D eigenvalue weighted by atomic mass is 9.95. The molecule has 3 unspecified atom stereocenters. The molecule has 0 aromatic heterocycles. The van der Waals surface area contributed by atoms with Gasteiger partial charge in [-0.15, -0.1) is 0 Å². The monoisotopic (exact) mass is 293 g/mol. The Morgan fingerprint density at radius 2 is 2.14 bits per heavy atom. The highest BCUT2D eigenvalue weighted by Gasteiger charge is 2.26. The van der Waals surface area contributed by atoms with E-state index in [2.05, 4.69) is 11.8 Å². The van der Waals surface area contributed by atoms with E-state index in [4.69, 9.17) is 9.47 Å². The predicted molar refractivity (Wildman–Crippen MR) is 83.5 cm³/mol. The number of hydrogen-bond acceptors (Lipinski definition) is 4. The largest absolute Gasteiger partial charge is 0.496 e. The third kappa shape index (κ3) is 3.96. The number of benzene rings is 1. The molecule has 2 rings (SSSR count). The summed E-state index contributed by atoms with van der Waals surface area (Å²) < 4.78 is 11.0. The van der Waals surface area contributed by atoms with Crippen molar-refractivity contribution in [2.45, 2.75) is 39.0 Å². The fraction of sp³-hybridized carbons (Fsp3) is 0.647. The molecule has 1 aliphatic rings. The van der Waals surface area contributed by atoms with Gasteiger partial charge in [-0.2, -0.15) is 0 Å². The van der Waals surface area contributed by atoms with Gasteiger partial charge < -0.3 is 14.6 Å². The molecule has 118 valence electrons. The van der Waals surface area contributed by atoms with Gasteiger partial charge in [-0.3, -0.25) is 4.90 Å². The molecule has 21 heavy (non-hydrogen) atoms. The zero-order valence-corrected chi connectivity index (χ0v) is 13.5. The Bertz CT molecular complexity index is 461. The normalized spacial score (nSPS) is 24.8. The molecule has 0 radical (unpaired) electrons. The molecule has 1 aromatic rings. The highest BCUT2D eigenvalue weighted by molar-refractivity contribution is 5.38. The Kier molecular flexibility index (Phi) is 5.62. The molecule has 3 atom stereocenters. The van der Waals surface area contributed by atoms with Gasteiger partial charge in [0.1, 0.15) is 5.75 Å². The van der Waals surface area contributed by atoms with Crippen molar-refractivity contribution in [1.29, 1.82) is 0 Å². The number of rotatable bonds is 5. The van der Waals surface area contributed by atoms with Crippen LogP contribution in [0.4, 0.5) is 0 Å². The first kappa shape index (κ1) is 16.3. The molecule has 1 aromatic carbocycles. The van der Waals surface area contributed by atoms with Gasteiger partial charge >= 0.3 is 0 Å². The van der Waals surface area contributed by atoms with Crippen LogP contribution in [0.3, 0.4) is 0 Å². The number of aliphatic hydroxyl groups excluding tert-OH is 1. The van der Waals surface area contributed by atoms with E-state index in [1.54, 1.807) is 21.1 Å². The van der Waals surface area contributed by atoms with Gasteiger partial charge in [0.25, 0.3) is 0 Å². The maximum absolute atomic E-state index is 9.76. The third-order valence-electron chi connectivity index (χ3n) is 4.46. The Morgan fingerprint density at radius 3 is 2.76 bits per heavy atom. The Balaban J connectivity index is 2.12. The van der Waals surface area contributed by atoms with Crippen molar-refractivity contribution in [3.05, 3.63) is 29.3 Å². The lowest BCUT2D eigenvalue weighted by Gasteiger charge is -2.36. The lowest BCUT2D eigenvalue weighted by molar-refractivity contribution is -0.00763. The summed E-state index contributed by atoms with van der Waals surface area (Å²) in [6.07, 6.45) is 0.990. The zero-order chi connectivity index (χ0) is 15.4. The van der Waals surface area contributed by atoms with Gasteiger partial charge in [0.15, 0.2) is 0 Å².